The second kappa shape index (κ2) is 5.62. The van der Waals surface area contributed by atoms with Crippen LogP contribution in [-0.4, -0.2) is 9.97 Å². The van der Waals surface area contributed by atoms with Crippen LogP contribution in [0.5, 0.6) is 0 Å². The zero-order chi connectivity index (χ0) is 14.7. The van der Waals surface area contributed by atoms with E-state index in [-0.39, 0.29) is 17.5 Å². The Morgan fingerprint density at radius 2 is 1.90 bits per heavy atom. The fourth-order valence-electron chi connectivity index (χ4n) is 1.94. The van der Waals surface area contributed by atoms with E-state index in [1.54, 1.807) is 12.1 Å². The van der Waals surface area contributed by atoms with Crippen molar-refractivity contribution in [2.75, 3.05) is 11.1 Å². The summed E-state index contributed by atoms with van der Waals surface area (Å²) in [7, 11) is 0. The number of nitrogens with one attached hydrogen (secondary N) is 1. The molecule has 3 N–H and O–H groups in total. The van der Waals surface area contributed by atoms with Gasteiger partial charge in [-0.25, -0.2) is 9.37 Å². The standard InChI is InChI=1S/C15H13FN4O/c16-12-13(11-7-4-8-21-11)19-15(17)20-14(12)18-9-10-5-2-1-3-6-10/h1-8H,9H2,(H3,17,18,19,20). The maximum absolute atomic E-state index is 14.4. The third kappa shape index (κ3) is 2.84. The van der Waals surface area contributed by atoms with Gasteiger partial charge < -0.3 is 15.5 Å². The third-order valence-electron chi connectivity index (χ3n) is 2.93. The van der Waals surface area contributed by atoms with Gasteiger partial charge in [0.2, 0.25) is 5.95 Å². The van der Waals surface area contributed by atoms with Gasteiger partial charge in [0.15, 0.2) is 17.4 Å². The largest absolute Gasteiger partial charge is 0.463 e. The van der Waals surface area contributed by atoms with E-state index in [4.69, 9.17) is 10.2 Å². The normalized spacial score (nSPS) is 10.5. The summed E-state index contributed by atoms with van der Waals surface area (Å²) in [5.41, 5.74) is 6.69. The lowest BCUT2D eigenvalue weighted by Gasteiger charge is -2.09. The van der Waals surface area contributed by atoms with Gasteiger partial charge in [-0.15, -0.1) is 0 Å². The predicted octanol–water partition coefficient (Wildman–Crippen LogP) is 3.07. The van der Waals surface area contributed by atoms with Crippen LogP contribution >= 0.6 is 0 Å². The molecule has 2 heterocycles. The maximum atomic E-state index is 14.4. The predicted molar refractivity (Wildman–Crippen MR) is 77.9 cm³/mol. The minimum Gasteiger partial charge on any atom is -0.463 e. The number of anilines is 2. The molecule has 21 heavy (non-hydrogen) atoms. The summed E-state index contributed by atoms with van der Waals surface area (Å²) >= 11 is 0. The van der Waals surface area contributed by atoms with Crippen LogP contribution in [0, 0.1) is 5.82 Å². The molecule has 0 aliphatic carbocycles. The fraction of sp³-hybridized carbons (Fsp3) is 0.0667. The number of hydrogen-bond acceptors (Lipinski definition) is 5. The molecule has 0 saturated carbocycles. The zero-order valence-corrected chi connectivity index (χ0v) is 11.1. The molecule has 5 nitrogen and oxygen atoms in total. The number of furan rings is 1. The first-order chi connectivity index (χ1) is 10.2. The van der Waals surface area contributed by atoms with Crippen molar-refractivity contribution in [1.82, 2.24) is 9.97 Å². The van der Waals surface area contributed by atoms with Crippen LogP contribution in [0.3, 0.4) is 0 Å². The average molecular weight is 284 g/mol. The van der Waals surface area contributed by atoms with Crippen molar-refractivity contribution in [3.05, 3.63) is 60.1 Å². The molecular formula is C15H13FN4O. The second-order valence-electron chi connectivity index (χ2n) is 4.41. The van der Waals surface area contributed by atoms with Crippen molar-refractivity contribution < 1.29 is 8.81 Å². The van der Waals surface area contributed by atoms with Crippen LogP contribution in [-0.2, 0) is 6.54 Å². The van der Waals surface area contributed by atoms with Gasteiger partial charge in [-0.05, 0) is 17.7 Å². The quantitative estimate of drug-likeness (QED) is 0.770. The summed E-state index contributed by atoms with van der Waals surface area (Å²) in [4.78, 5) is 7.79. The molecule has 1 aromatic carbocycles. The van der Waals surface area contributed by atoms with Gasteiger partial charge in [0, 0.05) is 6.54 Å². The van der Waals surface area contributed by atoms with E-state index in [1.165, 1.54) is 6.26 Å². The summed E-state index contributed by atoms with van der Waals surface area (Å²) in [5.74, 6) is -0.240. The smallest absolute Gasteiger partial charge is 0.222 e. The highest BCUT2D eigenvalue weighted by Gasteiger charge is 2.16. The number of rotatable bonds is 4. The molecule has 0 radical (unpaired) electrons. The van der Waals surface area contributed by atoms with Crippen LogP contribution in [0.25, 0.3) is 11.5 Å². The molecule has 6 heteroatoms. The molecule has 0 atom stereocenters. The Labute approximate surface area is 120 Å². The molecule has 0 spiro atoms. The van der Waals surface area contributed by atoms with E-state index < -0.39 is 5.82 Å². The first-order valence-electron chi connectivity index (χ1n) is 6.39. The Bertz CT molecular complexity index is 729. The fourth-order valence-corrected chi connectivity index (χ4v) is 1.94. The highest BCUT2D eigenvalue weighted by atomic mass is 19.1. The van der Waals surface area contributed by atoms with Crippen LogP contribution in [0.15, 0.2) is 53.1 Å². The Kier molecular flexibility index (Phi) is 3.51. The molecule has 0 aliphatic heterocycles. The molecule has 3 aromatic rings. The molecular weight excluding hydrogens is 271 g/mol. The Balaban J connectivity index is 1.89. The van der Waals surface area contributed by atoms with Crippen molar-refractivity contribution in [3.63, 3.8) is 0 Å². The molecule has 2 aromatic heterocycles. The summed E-state index contributed by atoms with van der Waals surface area (Å²) in [6, 6.07) is 12.9. The Morgan fingerprint density at radius 1 is 1.10 bits per heavy atom. The van der Waals surface area contributed by atoms with E-state index in [1.807, 2.05) is 30.3 Å². The number of benzene rings is 1. The SMILES string of the molecule is Nc1nc(NCc2ccccc2)c(F)c(-c2ccco2)n1. The van der Waals surface area contributed by atoms with E-state index >= 15 is 0 Å². The van der Waals surface area contributed by atoms with Gasteiger partial charge in [0.1, 0.15) is 5.69 Å². The van der Waals surface area contributed by atoms with Crippen molar-refractivity contribution in [3.8, 4) is 11.5 Å². The monoisotopic (exact) mass is 284 g/mol. The number of hydrogen-bond donors (Lipinski definition) is 2. The minimum absolute atomic E-state index is 0.0154. The van der Waals surface area contributed by atoms with Gasteiger partial charge in [-0.2, -0.15) is 4.98 Å². The van der Waals surface area contributed by atoms with Gasteiger partial charge in [0.05, 0.1) is 6.26 Å². The van der Waals surface area contributed by atoms with Gasteiger partial charge >= 0.3 is 0 Å². The highest BCUT2D eigenvalue weighted by molar-refractivity contribution is 5.60. The van der Waals surface area contributed by atoms with Crippen LogP contribution in [0.2, 0.25) is 0 Å². The summed E-state index contributed by atoms with van der Waals surface area (Å²) < 4.78 is 19.6. The van der Waals surface area contributed by atoms with Crippen LogP contribution < -0.4 is 11.1 Å². The summed E-state index contributed by atoms with van der Waals surface area (Å²) in [5, 5.41) is 2.92. The number of nitrogen functional groups attached to an aromatic ring is 1. The van der Waals surface area contributed by atoms with Gasteiger partial charge in [-0.1, -0.05) is 30.3 Å². The first kappa shape index (κ1) is 13.1. The van der Waals surface area contributed by atoms with E-state index in [2.05, 4.69) is 15.3 Å². The lowest BCUT2D eigenvalue weighted by atomic mass is 10.2. The summed E-state index contributed by atoms with van der Waals surface area (Å²) in [6.07, 6.45) is 1.45. The van der Waals surface area contributed by atoms with Gasteiger partial charge in [0.25, 0.3) is 0 Å². The molecule has 3 rings (SSSR count). The maximum Gasteiger partial charge on any atom is 0.222 e. The average Bonchev–Trinajstić information content (AvgIpc) is 3.03. The first-order valence-corrected chi connectivity index (χ1v) is 6.39. The number of aromatic nitrogens is 2. The number of nitrogens with two attached hydrogens (primary N) is 1. The topological polar surface area (TPSA) is 77.0 Å². The van der Waals surface area contributed by atoms with Crippen LogP contribution in [0.4, 0.5) is 16.2 Å². The van der Waals surface area contributed by atoms with Crippen molar-refractivity contribution in [1.29, 1.82) is 0 Å². The molecule has 0 unspecified atom stereocenters. The molecule has 0 bridgehead atoms. The second-order valence-corrected chi connectivity index (χ2v) is 4.41. The zero-order valence-electron chi connectivity index (χ0n) is 11.1. The minimum atomic E-state index is -0.588. The van der Waals surface area contributed by atoms with Crippen molar-refractivity contribution in [2.24, 2.45) is 0 Å². The van der Waals surface area contributed by atoms with E-state index in [9.17, 15) is 4.39 Å². The van der Waals surface area contributed by atoms with Gasteiger partial charge in [-0.3, -0.25) is 0 Å². The Hall–Kier alpha value is -2.89. The van der Waals surface area contributed by atoms with E-state index in [0.29, 0.717) is 12.3 Å². The summed E-state index contributed by atoms with van der Waals surface area (Å²) in [6.45, 7) is 0.436. The lowest BCUT2D eigenvalue weighted by Crippen LogP contribution is -2.08. The van der Waals surface area contributed by atoms with E-state index in [0.717, 1.165) is 5.56 Å². The van der Waals surface area contributed by atoms with Crippen LogP contribution in [0.1, 0.15) is 5.56 Å². The number of nitrogens with zero attached hydrogens (tertiary/aromatic N) is 2. The highest BCUT2D eigenvalue weighted by Crippen LogP contribution is 2.26. The van der Waals surface area contributed by atoms with Crippen molar-refractivity contribution >= 4 is 11.8 Å². The lowest BCUT2D eigenvalue weighted by molar-refractivity contribution is 0.563. The molecule has 0 aliphatic rings. The number of halogens is 1. The molecule has 106 valence electrons. The molecule has 0 saturated heterocycles. The molecule has 0 fully saturated rings. The van der Waals surface area contributed by atoms with Crippen molar-refractivity contribution in [2.45, 2.75) is 6.54 Å². The Morgan fingerprint density at radius 3 is 2.62 bits per heavy atom. The third-order valence-corrected chi connectivity index (χ3v) is 2.93. The molecule has 0 amide bonds.